The fraction of sp³-hybridized carbons (Fsp3) is 0.389. The first kappa shape index (κ1) is 19.1. The van der Waals surface area contributed by atoms with E-state index in [0.29, 0.717) is 0 Å². The first-order chi connectivity index (χ1) is 12.6. The molecule has 0 spiro atoms. The number of amides is 4. The van der Waals surface area contributed by atoms with Gasteiger partial charge in [-0.2, -0.15) is 0 Å². The Morgan fingerprint density at radius 3 is 2.44 bits per heavy atom. The normalized spacial score (nSPS) is 22.7. The lowest BCUT2D eigenvalue weighted by Crippen LogP contribution is -2.47. The third kappa shape index (κ3) is 4.02. The predicted octanol–water partition coefficient (Wildman–Crippen LogP) is 0.656. The third-order valence-electron chi connectivity index (χ3n) is 4.57. The molecular weight excluding hydrogens is 370 g/mol. The van der Waals surface area contributed by atoms with Gasteiger partial charge in [-0.15, -0.1) is 0 Å². The number of carbonyl (C=O) groups excluding carboxylic acids is 3. The third-order valence-corrected chi connectivity index (χ3v) is 5.94. The highest BCUT2D eigenvalue weighted by molar-refractivity contribution is 7.94. The fourth-order valence-electron chi connectivity index (χ4n) is 3.11. The van der Waals surface area contributed by atoms with Gasteiger partial charge in [0.1, 0.15) is 12.1 Å². The molecule has 1 atom stereocenters. The van der Waals surface area contributed by atoms with Crippen LogP contribution in [0.4, 0.5) is 4.79 Å². The van der Waals surface area contributed by atoms with Crippen molar-refractivity contribution in [3.05, 3.63) is 47.4 Å². The molecule has 0 radical (unpaired) electrons. The van der Waals surface area contributed by atoms with E-state index in [9.17, 15) is 22.8 Å². The summed E-state index contributed by atoms with van der Waals surface area (Å²) in [5.41, 5.74) is -0.251. The zero-order chi connectivity index (χ0) is 19.8. The van der Waals surface area contributed by atoms with Crippen LogP contribution in [-0.4, -0.2) is 59.9 Å². The van der Waals surface area contributed by atoms with Crippen molar-refractivity contribution in [1.82, 2.24) is 15.1 Å². The van der Waals surface area contributed by atoms with Crippen LogP contribution in [-0.2, 0) is 26.0 Å². The van der Waals surface area contributed by atoms with Crippen LogP contribution in [0.15, 0.2) is 41.8 Å². The number of urea groups is 1. The number of sulfone groups is 1. The molecule has 9 heteroatoms. The van der Waals surface area contributed by atoms with E-state index in [1.807, 2.05) is 30.3 Å². The van der Waals surface area contributed by atoms with E-state index in [1.54, 1.807) is 13.8 Å². The highest BCUT2D eigenvalue weighted by atomic mass is 32.2. The van der Waals surface area contributed by atoms with Crippen LogP contribution in [0, 0.1) is 0 Å². The monoisotopic (exact) mass is 391 g/mol. The molecule has 0 saturated carbocycles. The van der Waals surface area contributed by atoms with Crippen molar-refractivity contribution < 1.29 is 22.8 Å². The Morgan fingerprint density at radius 2 is 1.93 bits per heavy atom. The molecule has 0 unspecified atom stereocenters. The van der Waals surface area contributed by atoms with Gasteiger partial charge >= 0.3 is 6.03 Å². The Bertz CT molecular complexity index is 908. The van der Waals surface area contributed by atoms with Crippen LogP contribution < -0.4 is 5.32 Å². The number of benzene rings is 1. The molecule has 2 heterocycles. The highest BCUT2D eigenvalue weighted by Crippen LogP contribution is 2.20. The van der Waals surface area contributed by atoms with E-state index in [0.717, 1.165) is 15.9 Å². The van der Waals surface area contributed by atoms with Gasteiger partial charge in [-0.3, -0.25) is 14.5 Å². The van der Waals surface area contributed by atoms with Crippen molar-refractivity contribution in [2.75, 3.05) is 12.3 Å². The first-order valence-electron chi connectivity index (χ1n) is 8.47. The molecule has 144 valence electrons. The van der Waals surface area contributed by atoms with Gasteiger partial charge in [-0.05, 0) is 25.5 Å². The Balaban J connectivity index is 1.82. The molecule has 0 bridgehead atoms. The van der Waals surface area contributed by atoms with E-state index in [2.05, 4.69) is 5.32 Å². The lowest BCUT2D eigenvalue weighted by Gasteiger charge is -2.29. The summed E-state index contributed by atoms with van der Waals surface area (Å²) in [6.07, 6.45) is 1.46. The van der Waals surface area contributed by atoms with Crippen LogP contribution in [0.25, 0.3) is 0 Å². The maximum Gasteiger partial charge on any atom is 0.325 e. The quantitative estimate of drug-likeness (QED) is 0.743. The molecular formula is C18H21N3O5S. The van der Waals surface area contributed by atoms with Gasteiger partial charge in [0.15, 0.2) is 9.84 Å². The first-order valence-corrected chi connectivity index (χ1v) is 10.2. The van der Waals surface area contributed by atoms with Crippen molar-refractivity contribution in [2.45, 2.75) is 32.0 Å². The Labute approximate surface area is 157 Å². The molecule has 1 fully saturated rings. The minimum absolute atomic E-state index is 0.178. The summed E-state index contributed by atoms with van der Waals surface area (Å²) in [5, 5.41) is 3.62. The standard InChI is InChI=1S/C18H21N3O5S/c1-18(2)16(23)21(17(24)19-18)11-15(22)20(10-13-6-4-3-5-7-13)14-8-9-27(25,26)12-14/h3-9,14H,10-12H2,1-2H3,(H,19,24)/t14-/m0/s1. The zero-order valence-electron chi connectivity index (χ0n) is 15.1. The number of nitrogens with zero attached hydrogens (tertiary/aromatic N) is 2. The number of hydrogen-bond donors (Lipinski definition) is 1. The number of carbonyl (C=O) groups is 3. The molecule has 2 aliphatic rings. The second-order valence-corrected chi connectivity index (χ2v) is 9.11. The van der Waals surface area contributed by atoms with E-state index >= 15 is 0 Å². The Morgan fingerprint density at radius 1 is 1.26 bits per heavy atom. The summed E-state index contributed by atoms with van der Waals surface area (Å²) in [6, 6.07) is 7.85. The molecule has 1 aromatic rings. The molecule has 1 aromatic carbocycles. The van der Waals surface area contributed by atoms with Gasteiger partial charge in [0.2, 0.25) is 5.91 Å². The fourth-order valence-corrected chi connectivity index (χ4v) is 4.41. The highest BCUT2D eigenvalue weighted by Gasteiger charge is 2.45. The van der Waals surface area contributed by atoms with Gasteiger partial charge in [0.05, 0.1) is 11.8 Å². The van der Waals surface area contributed by atoms with Crippen LogP contribution in [0.3, 0.4) is 0 Å². The molecule has 1 N–H and O–H groups in total. The topological polar surface area (TPSA) is 104 Å². The number of hydrogen-bond acceptors (Lipinski definition) is 5. The summed E-state index contributed by atoms with van der Waals surface area (Å²) >= 11 is 0. The number of rotatable bonds is 5. The maximum atomic E-state index is 12.9. The lowest BCUT2D eigenvalue weighted by molar-refractivity contribution is -0.139. The van der Waals surface area contributed by atoms with E-state index in [1.165, 1.54) is 11.0 Å². The minimum Gasteiger partial charge on any atom is -0.329 e. The largest absolute Gasteiger partial charge is 0.329 e. The second kappa shape index (κ2) is 6.80. The average molecular weight is 391 g/mol. The van der Waals surface area contributed by atoms with E-state index < -0.39 is 45.8 Å². The summed E-state index contributed by atoms with van der Waals surface area (Å²) in [6.45, 7) is 2.86. The molecule has 8 nitrogen and oxygen atoms in total. The number of nitrogens with one attached hydrogen (secondary N) is 1. The molecule has 2 aliphatic heterocycles. The van der Waals surface area contributed by atoms with Gasteiger partial charge in [0, 0.05) is 12.0 Å². The van der Waals surface area contributed by atoms with Gasteiger partial charge in [0.25, 0.3) is 5.91 Å². The van der Waals surface area contributed by atoms with Crippen molar-refractivity contribution in [3.8, 4) is 0 Å². The molecule has 1 saturated heterocycles. The van der Waals surface area contributed by atoms with Crippen LogP contribution in [0.5, 0.6) is 0 Å². The SMILES string of the molecule is CC1(C)NC(=O)N(CC(=O)N(Cc2ccccc2)[C@H]2C=CS(=O)(=O)C2)C1=O. The summed E-state index contributed by atoms with van der Waals surface area (Å²) in [5.74, 6) is -1.20. The van der Waals surface area contributed by atoms with Crippen molar-refractivity contribution >= 4 is 27.7 Å². The van der Waals surface area contributed by atoms with Crippen molar-refractivity contribution in [2.24, 2.45) is 0 Å². The molecule has 4 amide bonds. The molecule has 0 aromatic heterocycles. The summed E-state index contributed by atoms with van der Waals surface area (Å²) in [4.78, 5) is 39.6. The smallest absolute Gasteiger partial charge is 0.325 e. The van der Waals surface area contributed by atoms with Crippen molar-refractivity contribution in [3.63, 3.8) is 0 Å². The van der Waals surface area contributed by atoms with Crippen LogP contribution >= 0.6 is 0 Å². The molecule has 27 heavy (non-hydrogen) atoms. The molecule has 0 aliphatic carbocycles. The minimum atomic E-state index is -3.37. The molecule has 3 rings (SSSR count). The summed E-state index contributed by atoms with van der Waals surface area (Å²) < 4.78 is 23.6. The van der Waals surface area contributed by atoms with Crippen molar-refractivity contribution in [1.29, 1.82) is 0 Å². The van der Waals surface area contributed by atoms with Crippen LogP contribution in [0.2, 0.25) is 0 Å². The predicted molar refractivity (Wildman–Crippen MR) is 98.0 cm³/mol. The second-order valence-electron chi connectivity index (χ2n) is 7.18. The lowest BCUT2D eigenvalue weighted by atomic mass is 10.1. The van der Waals surface area contributed by atoms with Gasteiger partial charge < -0.3 is 10.2 Å². The van der Waals surface area contributed by atoms with E-state index in [4.69, 9.17) is 0 Å². The Hall–Kier alpha value is -2.68. The van der Waals surface area contributed by atoms with Crippen LogP contribution in [0.1, 0.15) is 19.4 Å². The average Bonchev–Trinajstić information content (AvgIpc) is 3.04. The summed E-state index contributed by atoms with van der Waals surface area (Å²) in [7, 11) is -3.37. The van der Waals surface area contributed by atoms with E-state index in [-0.39, 0.29) is 12.3 Å². The number of imide groups is 1. The Kier molecular flexibility index (Phi) is 4.81. The zero-order valence-corrected chi connectivity index (χ0v) is 15.9. The van der Waals surface area contributed by atoms with Gasteiger partial charge in [-0.1, -0.05) is 30.3 Å². The maximum absolute atomic E-state index is 12.9. The van der Waals surface area contributed by atoms with Gasteiger partial charge in [-0.25, -0.2) is 13.2 Å².